The second-order valence-electron chi connectivity index (χ2n) is 8.78. The number of hydrogen-bond donors (Lipinski definition) is 0. The van der Waals surface area contributed by atoms with Crippen LogP contribution in [-0.4, -0.2) is 85.3 Å². The van der Waals surface area contributed by atoms with E-state index in [1.54, 1.807) is 6.08 Å². The highest BCUT2D eigenvalue weighted by Gasteiger charge is 2.57. The minimum absolute atomic E-state index is 0.110. The van der Waals surface area contributed by atoms with Crippen LogP contribution in [0.25, 0.3) is 0 Å². The molecule has 200 valence electrons. The first-order chi connectivity index (χ1) is 16.9. The van der Waals surface area contributed by atoms with Crippen LogP contribution in [0.3, 0.4) is 0 Å². The molecule has 13 heteroatoms. The molecule has 2 bridgehead atoms. The van der Waals surface area contributed by atoms with Crippen LogP contribution in [0.2, 0.25) is 0 Å². The molecule has 0 N–H and O–H groups in total. The van der Waals surface area contributed by atoms with Gasteiger partial charge in [0.05, 0.1) is 12.2 Å². The number of ether oxygens (including phenoxy) is 7. The molecule has 0 amide bonds. The van der Waals surface area contributed by atoms with Gasteiger partial charge in [0.25, 0.3) is 0 Å². The van der Waals surface area contributed by atoms with Gasteiger partial charge in [-0.3, -0.25) is 24.0 Å². The van der Waals surface area contributed by atoms with E-state index in [1.165, 1.54) is 20.8 Å². The van der Waals surface area contributed by atoms with Crippen LogP contribution in [0, 0.1) is 5.92 Å². The Labute approximate surface area is 212 Å². The molecule has 36 heavy (non-hydrogen) atoms. The third-order valence-electron chi connectivity index (χ3n) is 5.93. The van der Waals surface area contributed by atoms with Gasteiger partial charge in [0.1, 0.15) is 24.9 Å². The Hall–Kier alpha value is -2.70. The number of rotatable bonds is 8. The third-order valence-corrected chi connectivity index (χ3v) is 6.28. The Bertz CT molecular complexity index is 932. The SMILES string of the molecule is CC(=O)OC[C@H]1O[C@H](C[C@H]2[C@@H](OC(C)=O)[C@@H]3O[C@H]2C=C3Cl)[C@H](OC(C)=O)[C@@H](OC(C)=O)[C@H]1OC(C)=O. The minimum Gasteiger partial charge on any atom is -0.463 e. The lowest BCUT2D eigenvalue weighted by molar-refractivity contribution is -0.255. The van der Waals surface area contributed by atoms with E-state index < -0.39 is 84.6 Å². The fraction of sp³-hybridized carbons (Fsp3) is 0.696. The Morgan fingerprint density at radius 2 is 1.22 bits per heavy atom. The molecule has 12 nitrogen and oxygen atoms in total. The predicted molar refractivity (Wildman–Crippen MR) is 118 cm³/mol. The molecular weight excluding hydrogens is 504 g/mol. The van der Waals surface area contributed by atoms with Crippen molar-refractivity contribution < 1.29 is 57.1 Å². The molecule has 0 saturated carbocycles. The molecule has 2 saturated heterocycles. The maximum atomic E-state index is 12.0. The molecule has 0 spiro atoms. The smallest absolute Gasteiger partial charge is 0.303 e. The first kappa shape index (κ1) is 27.9. The zero-order chi connectivity index (χ0) is 26.7. The number of carbonyl (C=O) groups is 5. The molecule has 3 rings (SSSR count). The lowest BCUT2D eigenvalue weighted by Gasteiger charge is -2.45. The van der Waals surface area contributed by atoms with E-state index in [0.29, 0.717) is 5.03 Å². The monoisotopic (exact) mass is 532 g/mol. The van der Waals surface area contributed by atoms with E-state index in [0.717, 1.165) is 13.8 Å². The van der Waals surface area contributed by atoms with Gasteiger partial charge < -0.3 is 33.2 Å². The highest BCUT2D eigenvalue weighted by atomic mass is 35.5. The van der Waals surface area contributed by atoms with Crippen LogP contribution in [-0.2, 0) is 57.1 Å². The molecule has 2 fully saturated rings. The van der Waals surface area contributed by atoms with E-state index in [9.17, 15) is 24.0 Å². The van der Waals surface area contributed by atoms with Gasteiger partial charge in [-0.2, -0.15) is 0 Å². The maximum Gasteiger partial charge on any atom is 0.303 e. The Balaban J connectivity index is 1.96. The number of esters is 5. The first-order valence-corrected chi connectivity index (χ1v) is 11.8. The van der Waals surface area contributed by atoms with Crippen LogP contribution < -0.4 is 0 Å². The normalized spacial score (nSPS) is 34.8. The van der Waals surface area contributed by atoms with E-state index in [2.05, 4.69) is 0 Å². The number of carbonyl (C=O) groups excluding carboxylic acids is 5. The second kappa shape index (κ2) is 11.6. The standard InChI is InChI=1S/C23H29ClO12/c1-9(25)30-8-18-22(33-12(4)28)23(34-13(5)29)21(32-11(3)27)17(35-18)6-14-16-7-15(24)20(36-16)19(14)31-10(2)26/h7,14,16-23H,6,8H2,1-5H3/t14-,16+,17-,18-,19-,20-,21+,22+,23-/m1/s1. The number of hydrogen-bond acceptors (Lipinski definition) is 12. The Morgan fingerprint density at radius 1 is 0.722 bits per heavy atom. The number of fused-ring (bicyclic) bond motifs is 2. The van der Waals surface area contributed by atoms with Crippen molar-refractivity contribution in [1.29, 1.82) is 0 Å². The molecule has 0 radical (unpaired) electrons. The summed E-state index contributed by atoms with van der Waals surface area (Å²) >= 11 is 6.22. The minimum atomic E-state index is -1.28. The second-order valence-corrected chi connectivity index (χ2v) is 9.22. The van der Waals surface area contributed by atoms with Crippen LogP contribution in [0.4, 0.5) is 0 Å². The fourth-order valence-corrected chi connectivity index (χ4v) is 5.08. The number of halogens is 1. The summed E-state index contributed by atoms with van der Waals surface area (Å²) in [5.41, 5.74) is 0. The van der Waals surface area contributed by atoms with E-state index in [1.807, 2.05) is 0 Å². The third kappa shape index (κ3) is 6.54. The maximum absolute atomic E-state index is 12.0. The van der Waals surface area contributed by atoms with Crippen molar-refractivity contribution in [3.63, 3.8) is 0 Å². The average Bonchev–Trinajstić information content (AvgIpc) is 3.27. The van der Waals surface area contributed by atoms with Gasteiger partial charge in [0, 0.05) is 45.6 Å². The van der Waals surface area contributed by atoms with Gasteiger partial charge >= 0.3 is 29.8 Å². The lowest BCUT2D eigenvalue weighted by atomic mass is 9.82. The summed E-state index contributed by atoms with van der Waals surface area (Å²) in [6.07, 6.45) is -5.86. The largest absolute Gasteiger partial charge is 0.463 e. The summed E-state index contributed by atoms with van der Waals surface area (Å²) in [4.78, 5) is 59.1. The van der Waals surface area contributed by atoms with E-state index >= 15 is 0 Å². The van der Waals surface area contributed by atoms with Gasteiger partial charge in [0.15, 0.2) is 18.3 Å². The topological polar surface area (TPSA) is 150 Å². The Kier molecular flexibility index (Phi) is 8.96. The average molecular weight is 533 g/mol. The van der Waals surface area contributed by atoms with Gasteiger partial charge in [0.2, 0.25) is 0 Å². The van der Waals surface area contributed by atoms with E-state index in [-0.39, 0.29) is 13.0 Å². The molecule has 0 aliphatic carbocycles. The van der Waals surface area contributed by atoms with Crippen molar-refractivity contribution in [1.82, 2.24) is 0 Å². The van der Waals surface area contributed by atoms with Crippen molar-refractivity contribution in [3.05, 3.63) is 11.1 Å². The predicted octanol–water partition coefficient (Wildman–Crippen LogP) is 0.954. The molecular formula is C23H29ClO12. The molecule has 0 aromatic rings. The Morgan fingerprint density at radius 3 is 1.75 bits per heavy atom. The summed E-state index contributed by atoms with van der Waals surface area (Å²) in [5.74, 6) is -3.75. The van der Waals surface area contributed by atoms with Crippen molar-refractivity contribution in [3.8, 4) is 0 Å². The van der Waals surface area contributed by atoms with E-state index in [4.69, 9.17) is 44.8 Å². The summed E-state index contributed by atoms with van der Waals surface area (Å²) in [5, 5.41) is 0.407. The van der Waals surface area contributed by atoms with Crippen molar-refractivity contribution in [2.75, 3.05) is 6.61 Å². The molecule has 9 atom stereocenters. The zero-order valence-corrected chi connectivity index (χ0v) is 21.2. The van der Waals surface area contributed by atoms with Gasteiger partial charge in [-0.1, -0.05) is 11.6 Å². The van der Waals surface area contributed by atoms with Crippen molar-refractivity contribution in [2.45, 2.75) is 89.9 Å². The first-order valence-electron chi connectivity index (χ1n) is 11.4. The lowest BCUT2D eigenvalue weighted by Crippen LogP contribution is -2.63. The quantitative estimate of drug-likeness (QED) is 0.323. The molecule has 3 aliphatic heterocycles. The van der Waals surface area contributed by atoms with Crippen LogP contribution in [0.1, 0.15) is 41.0 Å². The summed E-state index contributed by atoms with van der Waals surface area (Å²) in [6, 6.07) is 0. The summed E-state index contributed by atoms with van der Waals surface area (Å²) < 4.78 is 38.9. The van der Waals surface area contributed by atoms with Crippen molar-refractivity contribution in [2.24, 2.45) is 5.92 Å². The zero-order valence-electron chi connectivity index (χ0n) is 20.5. The molecule has 0 aromatic heterocycles. The fourth-order valence-electron chi connectivity index (χ4n) is 4.78. The van der Waals surface area contributed by atoms with Gasteiger partial charge in [-0.05, 0) is 12.5 Å². The molecule has 3 aliphatic rings. The summed E-state index contributed by atoms with van der Waals surface area (Å²) in [7, 11) is 0. The van der Waals surface area contributed by atoms with Gasteiger partial charge in [-0.25, -0.2) is 0 Å². The molecule has 3 heterocycles. The molecule has 0 aromatic carbocycles. The van der Waals surface area contributed by atoms with Crippen LogP contribution >= 0.6 is 11.6 Å². The van der Waals surface area contributed by atoms with Crippen molar-refractivity contribution >= 4 is 41.4 Å². The molecule has 0 unspecified atom stereocenters. The highest BCUT2D eigenvalue weighted by molar-refractivity contribution is 6.30. The summed E-state index contributed by atoms with van der Waals surface area (Å²) in [6.45, 7) is 5.58. The van der Waals surface area contributed by atoms with Crippen LogP contribution in [0.5, 0.6) is 0 Å². The van der Waals surface area contributed by atoms with Crippen LogP contribution in [0.15, 0.2) is 11.1 Å². The highest BCUT2D eigenvalue weighted by Crippen LogP contribution is 2.45. The van der Waals surface area contributed by atoms with Gasteiger partial charge in [-0.15, -0.1) is 0 Å².